The van der Waals surface area contributed by atoms with Gasteiger partial charge in [-0.2, -0.15) is 0 Å². The molecule has 0 radical (unpaired) electrons. The van der Waals surface area contributed by atoms with Crippen molar-refractivity contribution < 1.29 is 0 Å². The van der Waals surface area contributed by atoms with Crippen LogP contribution in [0.1, 0.15) is 39.0 Å². The molecule has 0 aromatic rings. The minimum absolute atomic E-state index is 1.44. The van der Waals surface area contributed by atoms with Crippen molar-refractivity contribution in [1.29, 1.82) is 0 Å². The zero-order valence-electron chi connectivity index (χ0n) is 10.4. The summed E-state index contributed by atoms with van der Waals surface area (Å²) in [5.41, 5.74) is 0. The molecule has 0 spiro atoms. The van der Waals surface area contributed by atoms with Crippen molar-refractivity contribution in [3.63, 3.8) is 0 Å². The summed E-state index contributed by atoms with van der Waals surface area (Å²) in [6, 6.07) is 0. The van der Waals surface area contributed by atoms with Gasteiger partial charge in [-0.1, -0.05) is 0 Å². The third-order valence-corrected chi connectivity index (χ3v) is 20.8. The molecule has 0 aliphatic carbocycles. The first-order chi connectivity index (χ1) is 7.35. The zero-order valence-corrected chi connectivity index (χ0v) is 13.3. The zero-order chi connectivity index (χ0) is 10.6. The predicted molar refractivity (Wildman–Crippen MR) is 70.2 cm³/mol. The van der Waals surface area contributed by atoms with Crippen LogP contribution in [-0.4, -0.2) is 42.9 Å². The van der Waals surface area contributed by atoms with Crippen molar-refractivity contribution in [2.75, 3.05) is 19.6 Å². The number of fused-ring (bicyclic) bond motifs is 6. The Morgan fingerprint density at radius 1 is 0.933 bits per heavy atom. The number of rotatable bonds is 3. The van der Waals surface area contributed by atoms with Crippen LogP contribution >= 0.6 is 0 Å². The summed E-state index contributed by atoms with van der Waals surface area (Å²) in [5.74, 6) is 0. The summed E-state index contributed by atoms with van der Waals surface area (Å²) < 4.78 is 6.91. The van der Waals surface area contributed by atoms with Crippen molar-refractivity contribution in [2.45, 2.75) is 56.8 Å². The molecule has 3 saturated heterocycles. The molecule has 0 aromatic carbocycles. The van der Waals surface area contributed by atoms with Gasteiger partial charge < -0.3 is 0 Å². The van der Waals surface area contributed by atoms with Crippen LogP contribution in [0, 0.1) is 0 Å². The monoisotopic (exact) mass is 317 g/mol. The van der Waals surface area contributed by atoms with Gasteiger partial charge in [0.1, 0.15) is 0 Å². The van der Waals surface area contributed by atoms with E-state index in [0.29, 0.717) is 0 Å². The normalized spacial score (nSPS) is 37.0. The second-order valence-corrected chi connectivity index (χ2v) is 20.0. The fourth-order valence-electron chi connectivity index (χ4n) is 3.67. The van der Waals surface area contributed by atoms with Gasteiger partial charge >= 0.3 is 99.7 Å². The standard InChI is InChI=1S/C9H18N.C4H9.Sn/c1-4-7-10(8-5-2)9-6-3;1-3-4-2;/h1-9H2;1,3-4H2,2H3;. The fourth-order valence-corrected chi connectivity index (χ4v) is 18.9. The van der Waals surface area contributed by atoms with Gasteiger partial charge in [0.15, 0.2) is 0 Å². The van der Waals surface area contributed by atoms with E-state index in [2.05, 4.69) is 11.8 Å². The molecule has 0 N–H and O–H groups in total. The van der Waals surface area contributed by atoms with Crippen LogP contribution in [0.25, 0.3) is 0 Å². The topological polar surface area (TPSA) is 3.24 Å². The summed E-state index contributed by atoms with van der Waals surface area (Å²) in [6.45, 7) is 6.68. The van der Waals surface area contributed by atoms with E-state index in [1.807, 2.05) is 0 Å². The molecule has 15 heavy (non-hydrogen) atoms. The molecule has 3 fully saturated rings. The Hall–Kier alpha value is 0.759. The van der Waals surface area contributed by atoms with Crippen molar-refractivity contribution in [3.8, 4) is 0 Å². The van der Waals surface area contributed by atoms with Crippen molar-refractivity contribution >= 4 is 18.4 Å². The van der Waals surface area contributed by atoms with E-state index in [1.165, 1.54) is 26.1 Å². The second-order valence-electron chi connectivity index (χ2n) is 5.76. The van der Waals surface area contributed by atoms with Gasteiger partial charge in [0.2, 0.25) is 0 Å². The third kappa shape index (κ3) is 3.36. The number of hydrogen-bond acceptors (Lipinski definition) is 1. The molecule has 2 bridgehead atoms. The van der Waals surface area contributed by atoms with Crippen LogP contribution < -0.4 is 0 Å². The van der Waals surface area contributed by atoms with Gasteiger partial charge in [-0.25, -0.2) is 0 Å². The molecule has 88 valence electrons. The van der Waals surface area contributed by atoms with E-state index in [4.69, 9.17) is 0 Å². The van der Waals surface area contributed by atoms with Crippen molar-refractivity contribution in [1.82, 2.24) is 4.90 Å². The summed E-state index contributed by atoms with van der Waals surface area (Å²) in [7, 11) is 0. The van der Waals surface area contributed by atoms with Crippen LogP contribution in [0.15, 0.2) is 0 Å². The SMILES string of the molecule is CCC[CH2][Sn]12[CH2]CCN(CC[CH2]1)CC[CH2]2. The predicted octanol–water partition coefficient (Wildman–Crippen LogP) is 3.73. The molecule has 0 amide bonds. The molecular formula is C13H27NSn. The first-order valence-corrected chi connectivity index (χ1v) is 15.1. The Kier molecular flexibility index (Phi) is 4.81. The molecule has 3 rings (SSSR count). The Bertz CT molecular complexity index is 160. The van der Waals surface area contributed by atoms with Gasteiger partial charge in [0, 0.05) is 0 Å². The van der Waals surface area contributed by atoms with Crippen LogP contribution in [0.3, 0.4) is 0 Å². The number of nitrogens with zero attached hydrogens (tertiary/aromatic N) is 1. The molecule has 3 heterocycles. The summed E-state index contributed by atoms with van der Waals surface area (Å²) in [4.78, 5) is 2.73. The fraction of sp³-hybridized carbons (Fsp3) is 1.00. The molecule has 3 aliphatic heterocycles. The third-order valence-electron chi connectivity index (χ3n) is 4.61. The number of unbranched alkanes of at least 4 members (excludes halogenated alkanes) is 1. The molecule has 2 heteroatoms. The Labute approximate surface area is 99.5 Å². The van der Waals surface area contributed by atoms with E-state index in [9.17, 15) is 0 Å². The van der Waals surface area contributed by atoms with E-state index in [0.717, 1.165) is 0 Å². The van der Waals surface area contributed by atoms with Gasteiger partial charge in [-0.3, -0.25) is 0 Å². The molecule has 1 nitrogen and oxygen atoms in total. The van der Waals surface area contributed by atoms with E-state index in [1.54, 1.807) is 43.4 Å². The van der Waals surface area contributed by atoms with E-state index >= 15 is 0 Å². The second kappa shape index (κ2) is 5.90. The minimum atomic E-state index is -1.56. The molecular weight excluding hydrogens is 289 g/mol. The molecule has 0 saturated carbocycles. The molecule has 0 unspecified atom stereocenters. The van der Waals surface area contributed by atoms with Gasteiger partial charge in [-0.05, 0) is 0 Å². The van der Waals surface area contributed by atoms with Crippen molar-refractivity contribution in [2.24, 2.45) is 0 Å². The van der Waals surface area contributed by atoms with Crippen molar-refractivity contribution in [3.05, 3.63) is 0 Å². The Morgan fingerprint density at radius 2 is 1.47 bits per heavy atom. The van der Waals surface area contributed by atoms with E-state index < -0.39 is 18.4 Å². The van der Waals surface area contributed by atoms with Gasteiger partial charge in [-0.15, -0.1) is 0 Å². The van der Waals surface area contributed by atoms with Crippen LogP contribution in [0.5, 0.6) is 0 Å². The average molecular weight is 316 g/mol. The average Bonchev–Trinajstić information content (AvgIpc) is 2.14. The molecule has 0 aromatic heterocycles. The Morgan fingerprint density at radius 3 is 1.93 bits per heavy atom. The van der Waals surface area contributed by atoms with E-state index in [-0.39, 0.29) is 0 Å². The summed E-state index contributed by atoms with van der Waals surface area (Å²) in [5, 5.41) is 0. The van der Waals surface area contributed by atoms with Crippen LogP contribution in [-0.2, 0) is 0 Å². The van der Waals surface area contributed by atoms with Gasteiger partial charge in [0.25, 0.3) is 0 Å². The first kappa shape index (κ1) is 12.2. The molecule has 0 atom stereocenters. The summed E-state index contributed by atoms with van der Waals surface area (Å²) in [6.07, 6.45) is 7.66. The van der Waals surface area contributed by atoms with Gasteiger partial charge in [0.05, 0.1) is 0 Å². The maximum absolute atomic E-state index is 2.73. The number of hydrogen-bond donors (Lipinski definition) is 0. The van der Waals surface area contributed by atoms with Crippen LogP contribution in [0.4, 0.5) is 0 Å². The first-order valence-electron chi connectivity index (χ1n) is 7.07. The van der Waals surface area contributed by atoms with Crippen LogP contribution in [0.2, 0.25) is 17.7 Å². The summed E-state index contributed by atoms with van der Waals surface area (Å²) >= 11 is -1.56. The quantitative estimate of drug-likeness (QED) is 0.717. The molecule has 3 aliphatic rings. The maximum atomic E-state index is 2.73. The Balaban J connectivity index is 1.98.